The molecule has 5 atom stereocenters. The van der Waals surface area contributed by atoms with E-state index in [0.717, 1.165) is 0 Å². The lowest BCUT2D eigenvalue weighted by Crippen LogP contribution is -2.47. The molecule has 0 saturated heterocycles. The molecule has 72 valence electrons. The predicted molar refractivity (Wildman–Crippen MR) is 54.0 cm³/mol. The van der Waals surface area contributed by atoms with Gasteiger partial charge >= 0.3 is 0 Å². The van der Waals surface area contributed by atoms with Crippen LogP contribution in [0.2, 0.25) is 0 Å². The van der Waals surface area contributed by atoms with E-state index in [9.17, 15) is 0 Å². The first-order chi connectivity index (χ1) is 5.57. The molecule has 1 aliphatic carbocycles. The van der Waals surface area contributed by atoms with Gasteiger partial charge in [-0.1, -0.05) is 0 Å². The fourth-order valence-corrected chi connectivity index (χ4v) is 2.73. The Kier molecular flexibility index (Phi) is 4.26. The van der Waals surface area contributed by atoms with Crippen LogP contribution in [0.5, 0.6) is 0 Å². The van der Waals surface area contributed by atoms with Crippen LogP contribution in [0.3, 0.4) is 0 Å². The third kappa shape index (κ3) is 2.13. The van der Waals surface area contributed by atoms with Crippen molar-refractivity contribution in [3.8, 4) is 0 Å². The predicted octanol–water partition coefficient (Wildman–Crippen LogP) is 2.83. The first kappa shape index (κ1) is 11.2. The maximum atomic E-state index is 5.99. The molecule has 1 aliphatic rings. The summed E-state index contributed by atoms with van der Waals surface area (Å²) in [6.07, 6.45) is 0.565. The first-order valence-corrected chi connectivity index (χ1v) is 5.41. The van der Waals surface area contributed by atoms with Gasteiger partial charge in [-0.25, -0.2) is 0 Å². The molecule has 0 spiro atoms. The van der Waals surface area contributed by atoms with Crippen molar-refractivity contribution in [2.45, 2.75) is 34.0 Å². The fraction of sp³-hybridized carbons (Fsp3) is 1.00. The highest BCUT2D eigenvalue weighted by Crippen LogP contribution is 2.35. The number of methoxy groups -OCH3 is 1. The maximum Gasteiger partial charge on any atom is 0.0776 e. The minimum absolute atomic E-state index is 0.0910. The Bertz CT molecular complexity index is 150. The summed E-state index contributed by atoms with van der Waals surface area (Å²) in [4.78, 5) is 0. The van der Waals surface area contributed by atoms with Crippen LogP contribution >= 0.6 is 46.4 Å². The molecule has 1 saturated carbocycles. The number of ether oxygens (including phenoxy) is 1. The molecule has 0 bridgehead atoms. The molecule has 0 aromatic rings. The zero-order valence-electron chi connectivity index (χ0n) is 6.51. The second kappa shape index (κ2) is 4.56. The van der Waals surface area contributed by atoms with Gasteiger partial charge in [0.1, 0.15) is 0 Å². The quantitative estimate of drug-likeness (QED) is 0.652. The normalized spacial score (nSPS) is 49.2. The van der Waals surface area contributed by atoms with Gasteiger partial charge in [0.25, 0.3) is 0 Å². The molecule has 0 aromatic carbocycles. The van der Waals surface area contributed by atoms with E-state index in [1.54, 1.807) is 7.11 Å². The van der Waals surface area contributed by atoms with Crippen LogP contribution in [-0.2, 0) is 4.74 Å². The summed E-state index contributed by atoms with van der Waals surface area (Å²) in [5.41, 5.74) is 0. The number of hydrogen-bond donors (Lipinski definition) is 0. The Morgan fingerprint density at radius 2 is 1.58 bits per heavy atom. The third-order valence-electron chi connectivity index (χ3n) is 2.07. The first-order valence-electron chi connectivity index (χ1n) is 3.67. The van der Waals surface area contributed by atoms with E-state index in [0.29, 0.717) is 6.42 Å². The van der Waals surface area contributed by atoms with Gasteiger partial charge in [0, 0.05) is 7.11 Å². The lowest BCUT2D eigenvalue weighted by Gasteiger charge is -2.36. The van der Waals surface area contributed by atoms with Crippen molar-refractivity contribution in [3.05, 3.63) is 0 Å². The second-order valence-electron chi connectivity index (χ2n) is 2.86. The maximum absolute atomic E-state index is 5.99. The van der Waals surface area contributed by atoms with Gasteiger partial charge in [0.15, 0.2) is 0 Å². The van der Waals surface area contributed by atoms with Crippen LogP contribution in [0.25, 0.3) is 0 Å². The van der Waals surface area contributed by atoms with Crippen molar-refractivity contribution in [3.63, 3.8) is 0 Å². The van der Waals surface area contributed by atoms with E-state index in [1.165, 1.54) is 0 Å². The Labute approximate surface area is 92.2 Å². The molecule has 0 radical (unpaired) electrons. The van der Waals surface area contributed by atoms with E-state index in [1.807, 2.05) is 0 Å². The highest BCUT2D eigenvalue weighted by molar-refractivity contribution is 6.38. The van der Waals surface area contributed by atoms with Gasteiger partial charge in [0.2, 0.25) is 0 Å². The van der Waals surface area contributed by atoms with Crippen molar-refractivity contribution in [1.29, 1.82) is 0 Å². The molecule has 0 aliphatic heterocycles. The van der Waals surface area contributed by atoms with Gasteiger partial charge in [-0.15, -0.1) is 46.4 Å². The summed E-state index contributed by atoms with van der Waals surface area (Å²) in [5, 5.41) is -1.01. The highest BCUT2D eigenvalue weighted by atomic mass is 35.5. The Hall–Kier alpha value is 1.12. The zero-order valence-corrected chi connectivity index (χ0v) is 9.54. The SMILES string of the molecule is CO[C@@H]1C[C@@H](Cl)[C@H](Cl)[C@H](Cl)[C@H]1Cl. The summed E-state index contributed by atoms with van der Waals surface area (Å²) in [6, 6.07) is 0. The molecular formula is C7H10Cl4O. The molecule has 0 heterocycles. The largest absolute Gasteiger partial charge is 0.380 e. The van der Waals surface area contributed by atoms with E-state index in [4.69, 9.17) is 51.1 Å². The highest BCUT2D eigenvalue weighted by Gasteiger charge is 2.41. The lowest BCUT2D eigenvalue weighted by molar-refractivity contribution is 0.0778. The van der Waals surface area contributed by atoms with Crippen molar-refractivity contribution >= 4 is 46.4 Å². The summed E-state index contributed by atoms with van der Waals surface area (Å²) < 4.78 is 5.13. The lowest BCUT2D eigenvalue weighted by atomic mass is 9.95. The van der Waals surface area contributed by atoms with Crippen molar-refractivity contribution < 1.29 is 4.74 Å². The van der Waals surface area contributed by atoms with Crippen LogP contribution < -0.4 is 0 Å². The summed E-state index contributed by atoms with van der Waals surface area (Å²) in [5.74, 6) is 0. The molecule has 0 amide bonds. The Morgan fingerprint density at radius 1 is 1.00 bits per heavy atom. The van der Waals surface area contributed by atoms with Crippen molar-refractivity contribution in [2.24, 2.45) is 0 Å². The summed E-state index contributed by atoms with van der Waals surface area (Å²) in [7, 11) is 1.60. The third-order valence-corrected chi connectivity index (χ3v) is 4.58. The number of halogens is 4. The Morgan fingerprint density at radius 3 is 2.08 bits per heavy atom. The molecule has 0 N–H and O–H groups in total. The van der Waals surface area contributed by atoms with E-state index in [2.05, 4.69) is 0 Å². The van der Waals surface area contributed by atoms with Gasteiger partial charge < -0.3 is 4.74 Å². The van der Waals surface area contributed by atoms with Crippen molar-refractivity contribution in [1.82, 2.24) is 0 Å². The summed E-state index contributed by atoms with van der Waals surface area (Å²) in [6.45, 7) is 0. The van der Waals surface area contributed by atoms with Crippen LogP contribution in [-0.4, -0.2) is 34.7 Å². The number of alkyl halides is 4. The topological polar surface area (TPSA) is 9.23 Å². The van der Waals surface area contributed by atoms with Gasteiger partial charge in [0.05, 0.1) is 27.6 Å². The number of hydrogen-bond acceptors (Lipinski definition) is 1. The minimum atomic E-state index is -0.325. The van der Waals surface area contributed by atoms with Gasteiger partial charge in [-0.3, -0.25) is 0 Å². The second-order valence-corrected chi connectivity index (χ2v) is 4.93. The average molecular weight is 252 g/mol. The average Bonchev–Trinajstić information content (AvgIpc) is 2.08. The molecular weight excluding hydrogens is 242 g/mol. The Balaban J connectivity index is 2.63. The van der Waals surface area contributed by atoms with Crippen LogP contribution in [0.4, 0.5) is 0 Å². The van der Waals surface area contributed by atoms with Crippen LogP contribution in [0.1, 0.15) is 6.42 Å². The monoisotopic (exact) mass is 250 g/mol. The van der Waals surface area contributed by atoms with E-state index in [-0.39, 0.29) is 27.6 Å². The molecule has 0 aromatic heterocycles. The van der Waals surface area contributed by atoms with E-state index < -0.39 is 0 Å². The van der Waals surface area contributed by atoms with Gasteiger partial charge in [-0.05, 0) is 6.42 Å². The number of rotatable bonds is 1. The smallest absolute Gasteiger partial charge is 0.0776 e. The van der Waals surface area contributed by atoms with Crippen LogP contribution in [0.15, 0.2) is 0 Å². The molecule has 1 rings (SSSR count). The fourth-order valence-electron chi connectivity index (χ4n) is 1.29. The zero-order chi connectivity index (χ0) is 9.30. The molecule has 12 heavy (non-hydrogen) atoms. The van der Waals surface area contributed by atoms with Crippen LogP contribution in [0, 0.1) is 0 Å². The standard InChI is InChI=1S/C7H10Cl4O/c1-12-4-2-3(8)5(9)7(11)6(4)10/h3-7H,2H2,1H3/t3-,4-,5+,6+,7+/m1/s1. The molecule has 1 fully saturated rings. The van der Waals surface area contributed by atoms with Gasteiger partial charge in [-0.2, -0.15) is 0 Å². The molecule has 5 heteroatoms. The minimum Gasteiger partial charge on any atom is -0.380 e. The molecule has 1 nitrogen and oxygen atoms in total. The summed E-state index contributed by atoms with van der Waals surface area (Å²) >= 11 is 23.8. The van der Waals surface area contributed by atoms with Crippen molar-refractivity contribution in [2.75, 3.05) is 7.11 Å². The van der Waals surface area contributed by atoms with E-state index >= 15 is 0 Å². The molecule has 0 unspecified atom stereocenters.